The fraction of sp³-hybridized carbons (Fsp3) is 0.476. The molecule has 3 rings (SSSR count). The van der Waals surface area contributed by atoms with Crippen LogP contribution in [0, 0.1) is 0 Å². The molecule has 0 N–H and O–H groups in total. The molecule has 152 valence electrons. The molecule has 1 amide bonds. The standard InChI is InChI=1S/C21H28N2O4S/c1-22(2)11-5-12-23(19-10-13-28(25,26)16-19)21(24)15-27-20-9-8-17-6-3-4-7-18(17)14-20/h3-4,6-9,14,19H,5,10-13,15-16H2,1-2H3. The molecule has 1 saturated heterocycles. The van der Waals surface area contributed by atoms with Crippen molar-refractivity contribution in [2.24, 2.45) is 0 Å². The van der Waals surface area contributed by atoms with E-state index in [4.69, 9.17) is 4.74 Å². The summed E-state index contributed by atoms with van der Waals surface area (Å²) in [5.74, 6) is 0.686. The molecular formula is C21H28N2O4S. The summed E-state index contributed by atoms with van der Waals surface area (Å²) in [5.41, 5.74) is 0. The minimum atomic E-state index is -3.05. The molecule has 0 bridgehead atoms. The van der Waals surface area contributed by atoms with Crippen LogP contribution in [0.1, 0.15) is 12.8 Å². The van der Waals surface area contributed by atoms with Crippen molar-refractivity contribution in [3.63, 3.8) is 0 Å². The van der Waals surface area contributed by atoms with Gasteiger partial charge in [0.2, 0.25) is 0 Å². The van der Waals surface area contributed by atoms with E-state index in [0.29, 0.717) is 18.7 Å². The van der Waals surface area contributed by atoms with Gasteiger partial charge in [-0.25, -0.2) is 8.42 Å². The Labute approximate surface area is 167 Å². The number of benzene rings is 2. The number of amides is 1. The predicted octanol–water partition coefficient (Wildman–Crippen LogP) is 2.19. The number of nitrogens with zero attached hydrogens (tertiary/aromatic N) is 2. The van der Waals surface area contributed by atoms with E-state index in [1.807, 2.05) is 56.6 Å². The monoisotopic (exact) mass is 404 g/mol. The van der Waals surface area contributed by atoms with Gasteiger partial charge in [0.25, 0.3) is 5.91 Å². The molecule has 1 atom stereocenters. The van der Waals surface area contributed by atoms with Gasteiger partial charge in [-0.3, -0.25) is 4.79 Å². The van der Waals surface area contributed by atoms with Crippen LogP contribution < -0.4 is 4.74 Å². The molecule has 28 heavy (non-hydrogen) atoms. The Balaban J connectivity index is 1.65. The Hall–Kier alpha value is -2.12. The van der Waals surface area contributed by atoms with Crippen LogP contribution in [0.5, 0.6) is 5.75 Å². The quantitative estimate of drug-likeness (QED) is 0.675. The van der Waals surface area contributed by atoms with Crippen molar-refractivity contribution < 1.29 is 17.9 Å². The van der Waals surface area contributed by atoms with Gasteiger partial charge in [-0.2, -0.15) is 0 Å². The van der Waals surface area contributed by atoms with Crippen molar-refractivity contribution >= 4 is 26.5 Å². The average Bonchev–Trinajstić information content (AvgIpc) is 3.02. The maximum Gasteiger partial charge on any atom is 0.260 e. The maximum atomic E-state index is 12.8. The highest BCUT2D eigenvalue weighted by Gasteiger charge is 2.34. The summed E-state index contributed by atoms with van der Waals surface area (Å²) in [6.07, 6.45) is 1.30. The van der Waals surface area contributed by atoms with Crippen LogP contribution >= 0.6 is 0 Å². The summed E-state index contributed by atoms with van der Waals surface area (Å²) in [4.78, 5) is 16.6. The van der Waals surface area contributed by atoms with E-state index >= 15 is 0 Å². The molecule has 2 aromatic carbocycles. The first kappa shape index (κ1) is 20.6. The Morgan fingerprint density at radius 2 is 1.86 bits per heavy atom. The number of rotatable bonds is 8. The van der Waals surface area contributed by atoms with Gasteiger partial charge in [-0.1, -0.05) is 30.3 Å². The Morgan fingerprint density at radius 1 is 1.11 bits per heavy atom. The van der Waals surface area contributed by atoms with Gasteiger partial charge in [0.05, 0.1) is 11.5 Å². The highest BCUT2D eigenvalue weighted by molar-refractivity contribution is 7.91. The van der Waals surface area contributed by atoms with Gasteiger partial charge >= 0.3 is 0 Å². The third-order valence-corrected chi connectivity index (χ3v) is 6.81. The van der Waals surface area contributed by atoms with Gasteiger partial charge in [0, 0.05) is 12.6 Å². The lowest BCUT2D eigenvalue weighted by Gasteiger charge is -2.29. The minimum Gasteiger partial charge on any atom is -0.484 e. The zero-order chi connectivity index (χ0) is 20.1. The van der Waals surface area contributed by atoms with Crippen LogP contribution in [0.15, 0.2) is 42.5 Å². The fourth-order valence-corrected chi connectivity index (χ4v) is 5.31. The molecule has 1 aliphatic rings. The van der Waals surface area contributed by atoms with Crippen LogP contribution in [-0.2, 0) is 14.6 Å². The molecule has 1 unspecified atom stereocenters. The summed E-state index contributed by atoms with van der Waals surface area (Å²) in [5, 5.41) is 2.17. The largest absolute Gasteiger partial charge is 0.484 e. The molecule has 0 spiro atoms. The Bertz CT molecular complexity index is 927. The lowest BCUT2D eigenvalue weighted by molar-refractivity contribution is -0.135. The zero-order valence-electron chi connectivity index (χ0n) is 16.5. The molecule has 6 nitrogen and oxygen atoms in total. The van der Waals surface area contributed by atoms with Crippen molar-refractivity contribution in [2.75, 3.05) is 45.3 Å². The SMILES string of the molecule is CN(C)CCCN(C(=O)COc1ccc2ccccc2c1)C1CCS(=O)(=O)C1. The number of hydrogen-bond acceptors (Lipinski definition) is 5. The molecule has 1 fully saturated rings. The number of carbonyl (C=O) groups is 1. The van der Waals surface area contributed by atoms with Crippen LogP contribution in [0.25, 0.3) is 10.8 Å². The fourth-order valence-electron chi connectivity index (χ4n) is 3.57. The topological polar surface area (TPSA) is 66.9 Å². The van der Waals surface area contributed by atoms with Crippen molar-refractivity contribution in [3.05, 3.63) is 42.5 Å². The predicted molar refractivity (Wildman–Crippen MR) is 111 cm³/mol. The lowest BCUT2D eigenvalue weighted by atomic mass is 10.1. The summed E-state index contributed by atoms with van der Waals surface area (Å²) in [6.45, 7) is 1.30. The summed E-state index contributed by atoms with van der Waals surface area (Å²) in [6, 6.07) is 13.5. The summed E-state index contributed by atoms with van der Waals surface area (Å²) >= 11 is 0. The molecule has 7 heteroatoms. The molecule has 1 heterocycles. The Kier molecular flexibility index (Phi) is 6.57. The molecular weight excluding hydrogens is 376 g/mol. The zero-order valence-corrected chi connectivity index (χ0v) is 17.3. The van der Waals surface area contributed by atoms with Gasteiger partial charge in [-0.15, -0.1) is 0 Å². The molecule has 0 saturated carbocycles. The lowest BCUT2D eigenvalue weighted by Crippen LogP contribution is -2.44. The van der Waals surface area contributed by atoms with Crippen molar-refractivity contribution in [1.29, 1.82) is 0 Å². The number of carbonyl (C=O) groups excluding carboxylic acids is 1. The minimum absolute atomic E-state index is 0.0523. The van der Waals surface area contributed by atoms with Crippen LogP contribution in [0.3, 0.4) is 0 Å². The second kappa shape index (κ2) is 8.92. The van der Waals surface area contributed by atoms with Gasteiger partial charge in [-0.05, 0) is 56.4 Å². The molecule has 0 radical (unpaired) electrons. The smallest absolute Gasteiger partial charge is 0.260 e. The number of sulfone groups is 1. The van der Waals surface area contributed by atoms with E-state index in [1.165, 1.54) is 0 Å². The average molecular weight is 405 g/mol. The third-order valence-electron chi connectivity index (χ3n) is 5.06. The van der Waals surface area contributed by atoms with Crippen molar-refractivity contribution in [3.8, 4) is 5.75 Å². The normalized spacial score (nSPS) is 18.5. The van der Waals surface area contributed by atoms with Crippen molar-refractivity contribution in [2.45, 2.75) is 18.9 Å². The Morgan fingerprint density at radius 3 is 2.54 bits per heavy atom. The van der Waals surface area contributed by atoms with Gasteiger partial charge in [0.15, 0.2) is 16.4 Å². The molecule has 1 aliphatic heterocycles. The number of hydrogen-bond donors (Lipinski definition) is 0. The first-order valence-electron chi connectivity index (χ1n) is 9.60. The highest BCUT2D eigenvalue weighted by atomic mass is 32.2. The second-order valence-corrected chi connectivity index (χ2v) is 9.83. The summed E-state index contributed by atoms with van der Waals surface area (Å²) < 4.78 is 29.5. The first-order valence-corrected chi connectivity index (χ1v) is 11.4. The van der Waals surface area contributed by atoms with Crippen LogP contribution in [-0.4, -0.2) is 75.5 Å². The van der Waals surface area contributed by atoms with Crippen LogP contribution in [0.2, 0.25) is 0 Å². The van der Waals surface area contributed by atoms with E-state index in [-0.39, 0.29) is 30.1 Å². The third kappa shape index (κ3) is 5.45. The summed E-state index contributed by atoms with van der Waals surface area (Å²) in [7, 11) is 0.910. The number of fused-ring (bicyclic) bond motifs is 1. The molecule has 0 aliphatic carbocycles. The van der Waals surface area contributed by atoms with Crippen molar-refractivity contribution in [1.82, 2.24) is 9.80 Å². The van der Waals surface area contributed by atoms with E-state index in [2.05, 4.69) is 4.90 Å². The van der Waals surface area contributed by atoms with Crippen LogP contribution in [0.4, 0.5) is 0 Å². The van der Waals surface area contributed by atoms with E-state index < -0.39 is 9.84 Å². The molecule has 2 aromatic rings. The van der Waals surface area contributed by atoms with Gasteiger partial charge in [0.1, 0.15) is 5.75 Å². The highest BCUT2D eigenvalue weighted by Crippen LogP contribution is 2.22. The van der Waals surface area contributed by atoms with Gasteiger partial charge < -0.3 is 14.5 Å². The molecule has 0 aromatic heterocycles. The number of ether oxygens (including phenoxy) is 1. The van der Waals surface area contributed by atoms with E-state index in [1.54, 1.807) is 4.90 Å². The van der Waals surface area contributed by atoms with E-state index in [0.717, 1.165) is 23.7 Å². The van der Waals surface area contributed by atoms with E-state index in [9.17, 15) is 13.2 Å². The first-order chi connectivity index (χ1) is 13.3. The second-order valence-electron chi connectivity index (χ2n) is 7.60. The maximum absolute atomic E-state index is 12.8.